The number of anilines is 1. The molecule has 2 N–H and O–H groups in total. The lowest BCUT2D eigenvalue weighted by Crippen LogP contribution is -2.30. The second-order valence-electron chi connectivity index (χ2n) is 6.24. The molecule has 1 saturated heterocycles. The quantitative estimate of drug-likeness (QED) is 0.661. The number of ether oxygens (including phenoxy) is 2. The molecule has 0 aromatic heterocycles. The van der Waals surface area contributed by atoms with Crippen molar-refractivity contribution < 1.29 is 14.3 Å². The van der Waals surface area contributed by atoms with Gasteiger partial charge in [0.2, 0.25) is 0 Å². The molecule has 24 heavy (non-hydrogen) atoms. The van der Waals surface area contributed by atoms with Gasteiger partial charge in [-0.2, -0.15) is 0 Å². The molecule has 1 aromatic rings. The third kappa shape index (κ3) is 6.79. The zero-order valence-electron chi connectivity index (χ0n) is 14.7. The maximum absolute atomic E-state index is 12.0. The summed E-state index contributed by atoms with van der Waals surface area (Å²) in [5.41, 5.74) is 0.694. The van der Waals surface area contributed by atoms with Gasteiger partial charge in [0.05, 0.1) is 11.8 Å². The van der Waals surface area contributed by atoms with E-state index in [1.165, 1.54) is 19.3 Å². The normalized spacial score (nSPS) is 17.3. The maximum atomic E-state index is 12.0. The first kappa shape index (κ1) is 18.6. The summed E-state index contributed by atoms with van der Waals surface area (Å²) >= 11 is 0. The molecule has 2 amide bonds. The van der Waals surface area contributed by atoms with Crippen LogP contribution in [0.4, 0.5) is 10.5 Å². The molecule has 1 unspecified atom stereocenters. The molecular formula is C19H30N2O3. The smallest absolute Gasteiger partial charge is 0.319 e. The van der Waals surface area contributed by atoms with Crippen molar-refractivity contribution in [3.05, 3.63) is 24.3 Å². The van der Waals surface area contributed by atoms with E-state index < -0.39 is 0 Å². The van der Waals surface area contributed by atoms with Crippen LogP contribution in [0, 0.1) is 0 Å². The summed E-state index contributed by atoms with van der Waals surface area (Å²) in [4.78, 5) is 12.0. The Balaban J connectivity index is 1.76. The van der Waals surface area contributed by atoms with Gasteiger partial charge in [-0.3, -0.25) is 0 Å². The van der Waals surface area contributed by atoms with Crippen LogP contribution in [-0.2, 0) is 4.74 Å². The third-order valence-electron chi connectivity index (χ3n) is 4.15. The fourth-order valence-electron chi connectivity index (χ4n) is 2.74. The van der Waals surface area contributed by atoms with Crippen LogP contribution >= 0.6 is 0 Å². The molecule has 5 nitrogen and oxygen atoms in total. The van der Waals surface area contributed by atoms with E-state index >= 15 is 0 Å². The summed E-state index contributed by atoms with van der Waals surface area (Å²) in [5, 5.41) is 5.77. The lowest BCUT2D eigenvalue weighted by Gasteiger charge is -2.23. The lowest BCUT2D eigenvalue weighted by atomic mass is 10.1. The minimum absolute atomic E-state index is 0.152. The monoisotopic (exact) mass is 334 g/mol. The molecule has 0 radical (unpaired) electrons. The molecule has 134 valence electrons. The van der Waals surface area contributed by atoms with E-state index in [1.807, 2.05) is 24.3 Å². The minimum atomic E-state index is -0.184. The number of amides is 2. The van der Waals surface area contributed by atoms with Crippen LogP contribution in [0.15, 0.2) is 24.3 Å². The second-order valence-corrected chi connectivity index (χ2v) is 6.24. The van der Waals surface area contributed by atoms with Crippen LogP contribution in [0.3, 0.4) is 0 Å². The van der Waals surface area contributed by atoms with Gasteiger partial charge in [0, 0.05) is 13.2 Å². The summed E-state index contributed by atoms with van der Waals surface area (Å²) in [6.07, 6.45) is 8.08. The second kappa shape index (κ2) is 10.9. The largest absolute Gasteiger partial charge is 0.489 e. The van der Waals surface area contributed by atoms with Gasteiger partial charge in [0.15, 0.2) is 0 Å². The fourth-order valence-corrected chi connectivity index (χ4v) is 2.74. The number of carbonyl (C=O) groups excluding carboxylic acids is 1. The summed E-state index contributed by atoms with van der Waals surface area (Å²) in [7, 11) is 0. The van der Waals surface area contributed by atoms with Crippen LogP contribution in [0.1, 0.15) is 51.9 Å². The van der Waals surface area contributed by atoms with Gasteiger partial charge in [0.1, 0.15) is 12.4 Å². The van der Waals surface area contributed by atoms with Crippen molar-refractivity contribution in [1.29, 1.82) is 0 Å². The van der Waals surface area contributed by atoms with Crippen LogP contribution in [0.5, 0.6) is 5.75 Å². The summed E-state index contributed by atoms with van der Waals surface area (Å²) in [6, 6.07) is 7.34. The minimum Gasteiger partial charge on any atom is -0.489 e. The highest BCUT2D eigenvalue weighted by atomic mass is 16.5. The Morgan fingerprint density at radius 2 is 2.12 bits per heavy atom. The van der Waals surface area contributed by atoms with Gasteiger partial charge in [-0.25, -0.2) is 4.79 Å². The topological polar surface area (TPSA) is 59.6 Å². The zero-order valence-corrected chi connectivity index (χ0v) is 14.7. The fraction of sp³-hybridized carbons (Fsp3) is 0.632. The molecular weight excluding hydrogens is 304 g/mol. The van der Waals surface area contributed by atoms with Crippen LogP contribution in [0.2, 0.25) is 0 Å². The van der Waals surface area contributed by atoms with Gasteiger partial charge < -0.3 is 20.1 Å². The first-order chi connectivity index (χ1) is 11.8. The van der Waals surface area contributed by atoms with E-state index in [4.69, 9.17) is 9.47 Å². The van der Waals surface area contributed by atoms with E-state index in [2.05, 4.69) is 17.6 Å². The van der Waals surface area contributed by atoms with E-state index in [1.54, 1.807) is 0 Å². The van der Waals surface area contributed by atoms with Crippen molar-refractivity contribution >= 4 is 11.7 Å². The van der Waals surface area contributed by atoms with Crippen molar-refractivity contribution in [2.45, 2.75) is 58.0 Å². The zero-order chi connectivity index (χ0) is 17.0. The molecule has 0 bridgehead atoms. The molecule has 1 fully saturated rings. The number of unbranched alkanes of at least 4 members (excludes halogenated alkanes) is 3. The summed E-state index contributed by atoms with van der Waals surface area (Å²) in [6.45, 7) is 4.21. The Morgan fingerprint density at radius 1 is 1.25 bits per heavy atom. The third-order valence-corrected chi connectivity index (χ3v) is 4.15. The molecule has 2 rings (SSSR count). The van der Waals surface area contributed by atoms with Gasteiger partial charge in [0.25, 0.3) is 0 Å². The molecule has 1 aliphatic rings. The van der Waals surface area contributed by atoms with Gasteiger partial charge >= 0.3 is 6.03 Å². The Morgan fingerprint density at radius 3 is 2.92 bits per heavy atom. The number of hydrogen-bond donors (Lipinski definition) is 2. The Kier molecular flexibility index (Phi) is 8.46. The molecule has 1 aromatic carbocycles. The van der Waals surface area contributed by atoms with Crippen LogP contribution in [-0.4, -0.2) is 31.9 Å². The summed E-state index contributed by atoms with van der Waals surface area (Å²) < 4.78 is 11.5. The molecule has 1 heterocycles. The number of carbonyl (C=O) groups is 1. The molecule has 5 heteroatoms. The Hall–Kier alpha value is -1.75. The van der Waals surface area contributed by atoms with E-state index in [-0.39, 0.29) is 12.1 Å². The van der Waals surface area contributed by atoms with Gasteiger partial charge in [-0.1, -0.05) is 38.3 Å². The SMILES string of the molecule is CCCCCCNC(=O)Nc1ccccc1OCC1CCCCO1. The number of hydrogen-bond acceptors (Lipinski definition) is 3. The van der Waals surface area contributed by atoms with Crippen molar-refractivity contribution in [3.8, 4) is 5.75 Å². The number of rotatable bonds is 9. The van der Waals surface area contributed by atoms with E-state index in [9.17, 15) is 4.79 Å². The Bertz CT molecular complexity index is 487. The number of urea groups is 1. The van der Waals surface area contributed by atoms with Crippen LogP contribution < -0.4 is 15.4 Å². The predicted octanol–water partition coefficient (Wildman–Crippen LogP) is 4.34. The van der Waals surface area contributed by atoms with E-state index in [0.29, 0.717) is 24.6 Å². The number of para-hydroxylation sites is 2. The lowest BCUT2D eigenvalue weighted by molar-refractivity contribution is -0.0109. The Labute approximate surface area is 145 Å². The molecule has 1 aliphatic heterocycles. The standard InChI is InChI=1S/C19H30N2O3/c1-2-3-4-8-13-20-19(22)21-17-11-5-6-12-18(17)24-15-16-10-7-9-14-23-16/h5-6,11-12,16H,2-4,7-10,13-15H2,1H3,(H2,20,21,22). The average Bonchev–Trinajstić information content (AvgIpc) is 2.62. The summed E-state index contributed by atoms with van der Waals surface area (Å²) in [5.74, 6) is 0.688. The van der Waals surface area contributed by atoms with Crippen molar-refractivity contribution in [3.63, 3.8) is 0 Å². The van der Waals surface area contributed by atoms with Gasteiger partial charge in [-0.15, -0.1) is 0 Å². The van der Waals surface area contributed by atoms with Crippen molar-refractivity contribution in [2.24, 2.45) is 0 Å². The number of benzene rings is 1. The highest BCUT2D eigenvalue weighted by Gasteiger charge is 2.15. The highest BCUT2D eigenvalue weighted by Crippen LogP contribution is 2.24. The molecule has 0 saturated carbocycles. The number of nitrogens with one attached hydrogen (secondary N) is 2. The average molecular weight is 334 g/mol. The van der Waals surface area contributed by atoms with E-state index in [0.717, 1.165) is 32.3 Å². The maximum Gasteiger partial charge on any atom is 0.319 e. The first-order valence-electron chi connectivity index (χ1n) is 9.18. The molecule has 1 atom stereocenters. The first-order valence-corrected chi connectivity index (χ1v) is 9.18. The predicted molar refractivity (Wildman–Crippen MR) is 96.7 cm³/mol. The van der Waals surface area contributed by atoms with Crippen molar-refractivity contribution in [2.75, 3.05) is 25.1 Å². The van der Waals surface area contributed by atoms with Crippen molar-refractivity contribution in [1.82, 2.24) is 5.32 Å². The van der Waals surface area contributed by atoms with Gasteiger partial charge in [-0.05, 0) is 37.8 Å². The molecule has 0 spiro atoms. The molecule has 0 aliphatic carbocycles. The highest BCUT2D eigenvalue weighted by molar-refractivity contribution is 5.90. The van der Waals surface area contributed by atoms with Crippen LogP contribution in [0.25, 0.3) is 0 Å².